The number of carbonyl (C=O) groups is 2. The van der Waals surface area contributed by atoms with Gasteiger partial charge in [0.2, 0.25) is 5.91 Å². The van der Waals surface area contributed by atoms with E-state index >= 15 is 0 Å². The molecule has 1 aromatic carbocycles. The summed E-state index contributed by atoms with van der Waals surface area (Å²) in [6.45, 7) is 4.41. The van der Waals surface area contributed by atoms with Crippen LogP contribution >= 0.6 is 0 Å². The fraction of sp³-hybridized carbons (Fsp3) is 0.421. The number of H-pyrrole nitrogens is 1. The highest BCUT2D eigenvalue weighted by molar-refractivity contribution is 5.80. The number of carbonyl (C=O) groups excluding carboxylic acids is 1. The monoisotopic (exact) mass is 451 g/mol. The van der Waals surface area contributed by atoms with Crippen molar-refractivity contribution in [3.8, 4) is 11.3 Å². The maximum atomic E-state index is 13.1. The van der Waals surface area contributed by atoms with E-state index in [4.69, 9.17) is 9.90 Å². The number of nitrogens with one attached hydrogen (secondary N) is 1. The predicted molar refractivity (Wildman–Crippen MR) is 96.9 cm³/mol. The zero-order valence-electron chi connectivity index (χ0n) is 16.4. The largest absolute Gasteiger partial charge is 0.490 e. The second-order valence-corrected chi connectivity index (χ2v) is 7.07. The number of rotatable bonds is 3. The van der Waals surface area contributed by atoms with Crippen LogP contribution in [0.15, 0.2) is 30.5 Å². The van der Waals surface area contributed by atoms with Crippen molar-refractivity contribution < 1.29 is 41.0 Å². The molecule has 1 fully saturated rings. The molecule has 1 saturated heterocycles. The van der Waals surface area contributed by atoms with Crippen molar-refractivity contribution in [1.82, 2.24) is 14.9 Å². The Hall–Kier alpha value is -3.05. The second kappa shape index (κ2) is 8.98. The number of aromatic amines is 1. The van der Waals surface area contributed by atoms with Gasteiger partial charge >= 0.3 is 18.3 Å². The van der Waals surface area contributed by atoms with Crippen molar-refractivity contribution in [1.29, 1.82) is 0 Å². The summed E-state index contributed by atoms with van der Waals surface area (Å²) in [5.74, 6) is -2.28. The molecule has 0 bridgehead atoms. The van der Waals surface area contributed by atoms with Crippen LogP contribution in [0, 0.1) is 0 Å². The van der Waals surface area contributed by atoms with Gasteiger partial charge in [0, 0.05) is 30.5 Å². The van der Waals surface area contributed by atoms with E-state index in [0.29, 0.717) is 24.5 Å². The van der Waals surface area contributed by atoms with Crippen LogP contribution in [0.5, 0.6) is 0 Å². The maximum absolute atomic E-state index is 13.1. The summed E-state index contributed by atoms with van der Waals surface area (Å²) in [6, 6.07) is 5.49. The maximum Gasteiger partial charge on any atom is 0.490 e. The first kappa shape index (κ1) is 24.2. The molecule has 12 heteroatoms. The van der Waals surface area contributed by atoms with Crippen LogP contribution < -0.4 is 0 Å². The van der Waals surface area contributed by atoms with Gasteiger partial charge in [-0.25, -0.2) is 9.78 Å². The number of hydrogen-bond acceptors (Lipinski definition) is 3. The lowest BCUT2D eigenvalue weighted by molar-refractivity contribution is -0.192. The third-order valence-corrected chi connectivity index (χ3v) is 4.53. The van der Waals surface area contributed by atoms with Crippen molar-refractivity contribution in [2.24, 2.45) is 0 Å². The number of nitrogens with zero attached hydrogens (tertiary/aromatic N) is 2. The van der Waals surface area contributed by atoms with Crippen molar-refractivity contribution in [2.75, 3.05) is 6.54 Å². The van der Waals surface area contributed by atoms with Gasteiger partial charge in [-0.1, -0.05) is 18.2 Å². The van der Waals surface area contributed by atoms with Gasteiger partial charge in [-0.2, -0.15) is 26.3 Å². The first-order chi connectivity index (χ1) is 14.2. The molecule has 3 rings (SSSR count). The zero-order chi connectivity index (χ0) is 23.6. The molecule has 1 aliphatic rings. The van der Waals surface area contributed by atoms with Crippen LogP contribution in [0.3, 0.4) is 0 Å². The van der Waals surface area contributed by atoms with E-state index in [9.17, 15) is 31.1 Å². The smallest absolute Gasteiger partial charge is 0.475 e. The molecule has 0 radical (unpaired) electrons. The molecule has 1 aromatic heterocycles. The first-order valence-electron chi connectivity index (χ1n) is 9.03. The number of hydrogen-bond donors (Lipinski definition) is 2. The number of alkyl halides is 6. The molecule has 1 amide bonds. The van der Waals surface area contributed by atoms with Crippen LogP contribution in [0.2, 0.25) is 0 Å². The summed E-state index contributed by atoms with van der Waals surface area (Å²) >= 11 is 0. The number of aliphatic carboxylic acids is 1. The van der Waals surface area contributed by atoms with Gasteiger partial charge < -0.3 is 15.0 Å². The highest BCUT2D eigenvalue weighted by atomic mass is 19.4. The highest BCUT2D eigenvalue weighted by Crippen LogP contribution is 2.37. The second-order valence-electron chi connectivity index (χ2n) is 7.07. The normalized spacial score (nSPS) is 17.0. The molecule has 1 unspecified atom stereocenters. The number of halogens is 6. The van der Waals surface area contributed by atoms with Crippen LogP contribution in [0.1, 0.15) is 37.6 Å². The van der Waals surface area contributed by atoms with Gasteiger partial charge in [0.05, 0.1) is 17.5 Å². The van der Waals surface area contributed by atoms with Crippen LogP contribution in [-0.2, 0) is 15.8 Å². The molecule has 0 spiro atoms. The van der Waals surface area contributed by atoms with E-state index in [-0.39, 0.29) is 23.4 Å². The lowest BCUT2D eigenvalue weighted by atomic mass is 10.0. The number of imidazole rings is 1. The minimum Gasteiger partial charge on any atom is -0.475 e. The molecule has 1 aliphatic heterocycles. The van der Waals surface area contributed by atoms with E-state index in [1.165, 1.54) is 18.3 Å². The summed E-state index contributed by atoms with van der Waals surface area (Å²) in [7, 11) is 0. The predicted octanol–water partition coefficient (Wildman–Crippen LogP) is 4.45. The SMILES string of the molecule is CC(C)N1CC(c2ncc(-c3ccccc3C(F)(F)F)[nH]2)CC1=O.O=C(O)C(F)(F)F. The van der Waals surface area contributed by atoms with E-state index in [0.717, 1.165) is 6.07 Å². The van der Waals surface area contributed by atoms with Crippen molar-refractivity contribution in [3.05, 3.63) is 41.9 Å². The fourth-order valence-electron chi connectivity index (χ4n) is 3.06. The Morgan fingerprint density at radius 3 is 2.26 bits per heavy atom. The topological polar surface area (TPSA) is 86.3 Å². The average molecular weight is 451 g/mol. The number of carboxylic acids is 1. The molecule has 31 heavy (non-hydrogen) atoms. The van der Waals surface area contributed by atoms with E-state index < -0.39 is 23.9 Å². The molecule has 2 aromatic rings. The van der Waals surface area contributed by atoms with Gasteiger partial charge in [-0.3, -0.25) is 4.79 Å². The molecule has 1 atom stereocenters. The number of aromatic nitrogens is 2. The summed E-state index contributed by atoms with van der Waals surface area (Å²) in [5, 5.41) is 7.12. The van der Waals surface area contributed by atoms with Gasteiger partial charge in [0.15, 0.2) is 0 Å². The third-order valence-electron chi connectivity index (χ3n) is 4.53. The van der Waals surface area contributed by atoms with Crippen molar-refractivity contribution in [3.63, 3.8) is 0 Å². The van der Waals surface area contributed by atoms with Gasteiger partial charge in [-0.05, 0) is 19.9 Å². The minimum atomic E-state index is -5.08. The van der Waals surface area contributed by atoms with Crippen LogP contribution in [0.25, 0.3) is 11.3 Å². The van der Waals surface area contributed by atoms with Crippen LogP contribution in [-0.4, -0.2) is 50.6 Å². The first-order valence-corrected chi connectivity index (χ1v) is 9.03. The number of amides is 1. The molecule has 170 valence electrons. The number of carboxylic acid groups (broad SMARTS) is 1. The van der Waals surface area contributed by atoms with Crippen molar-refractivity contribution in [2.45, 2.75) is 44.6 Å². The number of likely N-dealkylation sites (tertiary alicyclic amines) is 1. The van der Waals surface area contributed by atoms with Gasteiger partial charge in [-0.15, -0.1) is 0 Å². The molecule has 2 heterocycles. The lowest BCUT2D eigenvalue weighted by Gasteiger charge is -2.20. The zero-order valence-corrected chi connectivity index (χ0v) is 16.4. The van der Waals surface area contributed by atoms with Crippen LogP contribution in [0.4, 0.5) is 26.3 Å². The molecule has 2 N–H and O–H groups in total. The minimum absolute atomic E-state index is 0.0450. The summed E-state index contributed by atoms with van der Waals surface area (Å²) < 4.78 is 71.2. The summed E-state index contributed by atoms with van der Waals surface area (Å²) in [4.78, 5) is 29.9. The molecule has 0 saturated carbocycles. The summed E-state index contributed by atoms with van der Waals surface area (Å²) in [5.41, 5.74) is -0.325. The Morgan fingerprint density at radius 1 is 1.19 bits per heavy atom. The number of benzene rings is 1. The van der Waals surface area contributed by atoms with Gasteiger partial charge in [0.25, 0.3) is 0 Å². The van der Waals surface area contributed by atoms with E-state index in [1.54, 1.807) is 11.0 Å². The lowest BCUT2D eigenvalue weighted by Crippen LogP contribution is -2.31. The Balaban J connectivity index is 0.000000423. The summed E-state index contributed by atoms with van der Waals surface area (Å²) in [6.07, 6.45) is -7.78. The van der Waals surface area contributed by atoms with Crippen molar-refractivity contribution >= 4 is 11.9 Å². The fourth-order valence-corrected chi connectivity index (χ4v) is 3.06. The molecular weight excluding hydrogens is 432 g/mol. The van der Waals surface area contributed by atoms with Gasteiger partial charge in [0.1, 0.15) is 5.82 Å². The molecular formula is C19H19F6N3O3. The highest BCUT2D eigenvalue weighted by Gasteiger charge is 2.38. The van der Waals surface area contributed by atoms with E-state index in [1.807, 2.05) is 13.8 Å². The quantitative estimate of drug-likeness (QED) is 0.675. The Labute approximate surface area is 172 Å². The molecule has 6 nitrogen and oxygen atoms in total. The Kier molecular flexibility index (Phi) is 7.02. The third kappa shape index (κ3) is 5.98. The Bertz CT molecular complexity index is 936. The standard InChI is InChI=1S/C17H18F3N3O.C2HF3O2/c1-10(2)23-9-11(7-15(23)24)16-21-8-14(22-16)12-5-3-4-6-13(12)17(18,19)20;3-2(4,5)1(6)7/h3-6,8,10-11H,7,9H2,1-2H3,(H,21,22);(H,6,7). The molecule has 0 aliphatic carbocycles. The van der Waals surface area contributed by atoms with E-state index in [2.05, 4.69) is 9.97 Å². The average Bonchev–Trinajstić information content (AvgIpc) is 3.27. The Morgan fingerprint density at radius 2 is 1.77 bits per heavy atom.